The molecule has 0 bridgehead atoms. The van der Waals surface area contributed by atoms with Crippen LogP contribution in [0.25, 0.3) is 2.06 Å². The zero-order chi connectivity index (χ0) is 9.28. The molecule has 0 aliphatic carbocycles. The number of hydrogen-bond acceptors (Lipinski definition) is 2. The summed E-state index contributed by atoms with van der Waals surface area (Å²) in [7, 11) is 0. The van der Waals surface area contributed by atoms with Crippen LogP contribution in [0, 0.1) is 67.2 Å². The topological polar surface area (TPSA) is 41.7 Å². The summed E-state index contributed by atoms with van der Waals surface area (Å²) >= 11 is 1.02. The predicted molar refractivity (Wildman–Crippen MR) is 33.0 cm³/mol. The second-order valence-corrected chi connectivity index (χ2v) is 2.48. The number of nitrogens with zero attached hydrogens (tertiary/aromatic N) is 1. The van der Waals surface area contributed by atoms with Crippen LogP contribution in [0.5, 0.6) is 0 Å². The third-order valence-electron chi connectivity index (χ3n) is 0.821. The van der Waals surface area contributed by atoms with Crippen molar-refractivity contribution in [3.8, 4) is 3.32 Å². The first-order valence-corrected chi connectivity index (χ1v) is 6.84. The van der Waals surface area contributed by atoms with Crippen molar-refractivity contribution in [1.29, 1.82) is 0 Å². The van der Waals surface area contributed by atoms with E-state index in [1.165, 1.54) is 0 Å². The summed E-state index contributed by atoms with van der Waals surface area (Å²) in [5, 5.41) is 8.85. The Morgan fingerprint density at radius 1 is 1.73 bits per heavy atom. The number of hydrogen-bond donors (Lipinski definition) is 1. The summed E-state index contributed by atoms with van der Waals surface area (Å²) in [6, 6.07) is -0.631. The molecule has 0 amide bonds. The van der Waals surface area contributed by atoms with Gasteiger partial charge in [0, 0.05) is 0 Å². The quantitative estimate of drug-likeness (QED) is 0.362. The zero-order valence-corrected chi connectivity index (χ0v) is 14.1. The van der Waals surface area contributed by atoms with Crippen LogP contribution in [-0.2, 0) is 4.79 Å². The van der Waals surface area contributed by atoms with E-state index in [0.717, 1.165) is 0 Å². The molecule has 3 nitrogen and oxygen atoms in total. The van der Waals surface area contributed by atoms with Crippen molar-refractivity contribution in [2.24, 2.45) is 0 Å². The molecule has 0 aliphatic heterocycles. The Morgan fingerprint density at radius 3 is 2.27 bits per heavy atom. The van der Waals surface area contributed by atoms with Crippen LogP contribution in [0.15, 0.2) is 6.58 Å². The molecule has 0 rings (SSSR count). The molecule has 2 atom stereocenters. The molecule has 0 heterocycles. The monoisotopic (exact) mass is 601 g/mol. The van der Waals surface area contributed by atoms with Crippen LogP contribution in [0.4, 0.5) is 0 Å². The van der Waals surface area contributed by atoms with Crippen LogP contribution in [0.3, 0.4) is 0 Å². The second kappa shape index (κ2) is 11.0. The van der Waals surface area contributed by atoms with Crippen molar-refractivity contribution in [3.05, 3.63) is 14.7 Å². The molecule has 2 unspecified atom stereocenters. The van der Waals surface area contributed by atoms with E-state index in [4.69, 9.17) is 5.11 Å². The summed E-state index contributed by atoms with van der Waals surface area (Å²) < 4.78 is 8.39. The van der Waals surface area contributed by atoms with E-state index in [0.29, 0.717) is 64.1 Å². The number of aldehydes is 1. The maximum absolute atomic E-state index is 10.0. The van der Waals surface area contributed by atoms with Gasteiger partial charge >= 0.3 is 104 Å². The summed E-state index contributed by atoms with van der Waals surface area (Å²) in [5.74, 6) is 0. The van der Waals surface area contributed by atoms with Crippen LogP contribution in [0.2, 0.25) is 0 Å². The molecule has 0 saturated carbocycles. The van der Waals surface area contributed by atoms with Crippen molar-refractivity contribution in [2.45, 2.75) is 12.1 Å². The van der Waals surface area contributed by atoms with E-state index in [-0.39, 0.29) is 0 Å². The molecule has 0 saturated heterocycles. The van der Waals surface area contributed by atoms with E-state index >= 15 is 0 Å². The van der Waals surface area contributed by atoms with Crippen molar-refractivity contribution in [2.75, 3.05) is 0 Å². The molecule has 0 spiro atoms. The Morgan fingerprint density at radius 2 is 2.18 bits per heavy atom. The fourth-order valence-corrected chi connectivity index (χ4v) is 1.14. The fourth-order valence-electron chi connectivity index (χ4n) is 0.296. The van der Waals surface area contributed by atoms with Crippen molar-refractivity contribution < 1.29 is 67.7 Å². The Bertz CT molecular complexity index is 185. The third-order valence-corrected chi connectivity index (χ3v) is 2.06. The average molecular weight is 601 g/mol. The molecule has 0 radical (unpaired) electrons. The first-order chi connectivity index (χ1) is 5.26. The summed E-state index contributed by atoms with van der Waals surface area (Å²) in [6.07, 6.45) is 1.95. The Kier molecular flexibility index (Phi) is 14.4. The van der Waals surface area contributed by atoms with Crippen LogP contribution in [0.1, 0.15) is 0 Å². The molecule has 1 N–H and O–H groups in total. The molecule has 0 aromatic rings. The molecular formula is C6H7NO2U2. The van der Waals surface area contributed by atoms with Gasteiger partial charge < -0.3 is 0 Å². The first kappa shape index (κ1) is 14.5. The standard InChI is InChI=1S/C5H6NO2.CH.2U/c1-2-5(8)4(6)3-7;;;/h3-5,8H,1H2;1H;;. The Balaban J connectivity index is 0. The van der Waals surface area contributed by atoms with E-state index in [1.54, 1.807) is 0 Å². The van der Waals surface area contributed by atoms with Crippen molar-refractivity contribution in [3.63, 3.8) is 0 Å². The molecular weight excluding hydrogens is 594 g/mol. The third kappa shape index (κ3) is 7.33. The molecule has 5 heteroatoms. The Hall–Kier alpha value is 0.964. The van der Waals surface area contributed by atoms with Gasteiger partial charge in [-0.2, -0.15) is 0 Å². The number of carbonyl (C=O) groups excluding carboxylic acids is 1. The molecule has 0 aromatic heterocycles. The van der Waals surface area contributed by atoms with Gasteiger partial charge in [-0.1, -0.05) is 0 Å². The van der Waals surface area contributed by atoms with Crippen molar-refractivity contribution >= 4 is 6.29 Å². The van der Waals surface area contributed by atoms with Gasteiger partial charge in [0.2, 0.25) is 0 Å². The SMILES string of the molecule is C=[C-]C(O)C(C=O)[N+]#[U].[CH]#[U]. The van der Waals surface area contributed by atoms with E-state index < -0.39 is 12.1 Å². The van der Waals surface area contributed by atoms with Gasteiger partial charge in [-0.05, 0) is 0 Å². The normalized spacial score (nSPS) is 13.1. The van der Waals surface area contributed by atoms with Gasteiger partial charge in [0.1, 0.15) is 0 Å². The van der Waals surface area contributed by atoms with Gasteiger partial charge in [0.15, 0.2) is 0 Å². The minimum absolute atomic E-state index is 0.358. The fraction of sp³-hybridized carbons (Fsp3) is 0.333. The summed E-state index contributed by atoms with van der Waals surface area (Å²) in [5.41, 5.74) is 0. The van der Waals surface area contributed by atoms with Crippen LogP contribution >= 0.6 is 0 Å². The van der Waals surface area contributed by atoms with E-state index in [2.05, 4.69) is 18.0 Å². The minimum atomic E-state index is -0.923. The van der Waals surface area contributed by atoms with Gasteiger partial charge in [-0.15, -0.1) is 0 Å². The van der Waals surface area contributed by atoms with Gasteiger partial charge in [-0.3, -0.25) is 0 Å². The van der Waals surface area contributed by atoms with Gasteiger partial charge in [-0.25, -0.2) is 0 Å². The van der Waals surface area contributed by atoms with Crippen LogP contribution < -0.4 is 0 Å². The molecule has 0 aromatic carbocycles. The zero-order valence-electron chi connectivity index (χ0n) is 5.82. The van der Waals surface area contributed by atoms with Crippen molar-refractivity contribution in [1.82, 2.24) is 0 Å². The average Bonchev–Trinajstić information content (AvgIpc) is 2.10. The predicted octanol–water partition coefficient (Wildman–Crippen LogP) is -0.133. The first-order valence-electron chi connectivity index (χ1n) is 2.57. The van der Waals surface area contributed by atoms with E-state index in [9.17, 15) is 4.79 Å². The molecule has 11 heavy (non-hydrogen) atoms. The maximum atomic E-state index is 10.0. The molecule has 0 aliphatic rings. The van der Waals surface area contributed by atoms with Gasteiger partial charge in [0.25, 0.3) is 0 Å². The number of aliphatic hydroxyl groups is 1. The van der Waals surface area contributed by atoms with E-state index in [1.807, 2.05) is 0 Å². The summed E-state index contributed by atoms with van der Waals surface area (Å²) in [6.45, 7) is 3.20. The molecule has 0 fully saturated rings. The Labute approximate surface area is 103 Å². The second-order valence-electron chi connectivity index (χ2n) is 1.40. The van der Waals surface area contributed by atoms with Crippen LogP contribution in [-0.4, -0.2) is 23.5 Å². The molecule has 56 valence electrons. The number of carbonyl (C=O) groups is 1. The number of aliphatic hydroxyl groups excluding tert-OH is 1. The number of rotatable bonds is 3. The van der Waals surface area contributed by atoms with Gasteiger partial charge in [0.05, 0.1) is 0 Å². The summed E-state index contributed by atoms with van der Waals surface area (Å²) in [4.78, 5) is 10.0.